The first-order chi connectivity index (χ1) is 13.1. The predicted molar refractivity (Wildman–Crippen MR) is 106 cm³/mol. The van der Waals surface area contributed by atoms with Crippen LogP contribution in [0.3, 0.4) is 0 Å². The van der Waals surface area contributed by atoms with Crippen molar-refractivity contribution in [2.24, 2.45) is 0 Å². The second kappa shape index (κ2) is 8.54. The van der Waals surface area contributed by atoms with E-state index in [9.17, 15) is 4.79 Å². The molecule has 2 aromatic carbocycles. The van der Waals surface area contributed by atoms with Gasteiger partial charge >= 0.3 is 0 Å². The van der Waals surface area contributed by atoms with E-state index in [-0.39, 0.29) is 5.91 Å². The standard InChI is InChI=1S/C22H25N3O2/c1-4-20(27-21-8-6-5-7-16(21)2)22(26)24-15-18-9-11-19(12-10-18)25-14-13-23-17(25)3/h5-14,20H,4,15H2,1-3H3,(H,24,26)/t20-/m0/s1. The number of nitrogens with one attached hydrogen (secondary N) is 1. The number of para-hydroxylation sites is 1. The molecule has 0 bridgehead atoms. The van der Waals surface area contributed by atoms with Crippen LogP contribution in [0.4, 0.5) is 0 Å². The largest absolute Gasteiger partial charge is 0.480 e. The highest BCUT2D eigenvalue weighted by atomic mass is 16.5. The van der Waals surface area contributed by atoms with E-state index in [4.69, 9.17) is 4.74 Å². The first kappa shape index (κ1) is 18.7. The number of ether oxygens (including phenoxy) is 1. The van der Waals surface area contributed by atoms with Gasteiger partial charge in [-0.05, 0) is 49.6 Å². The maximum atomic E-state index is 12.5. The van der Waals surface area contributed by atoms with Gasteiger partial charge in [0.05, 0.1) is 0 Å². The van der Waals surface area contributed by atoms with Crippen LogP contribution >= 0.6 is 0 Å². The van der Waals surface area contributed by atoms with Crippen molar-refractivity contribution < 1.29 is 9.53 Å². The molecule has 5 heteroatoms. The molecule has 0 saturated heterocycles. The zero-order chi connectivity index (χ0) is 19.2. The van der Waals surface area contributed by atoms with Crippen LogP contribution in [0.5, 0.6) is 5.75 Å². The topological polar surface area (TPSA) is 56.1 Å². The smallest absolute Gasteiger partial charge is 0.261 e. The third-order valence-electron chi connectivity index (χ3n) is 4.53. The third-order valence-corrected chi connectivity index (χ3v) is 4.53. The van der Waals surface area contributed by atoms with Gasteiger partial charge in [0.1, 0.15) is 11.6 Å². The molecule has 1 atom stereocenters. The molecule has 0 fully saturated rings. The van der Waals surface area contributed by atoms with Crippen LogP contribution in [0.25, 0.3) is 5.69 Å². The molecule has 0 aliphatic rings. The highest BCUT2D eigenvalue weighted by molar-refractivity contribution is 5.81. The fourth-order valence-electron chi connectivity index (χ4n) is 2.89. The van der Waals surface area contributed by atoms with Crippen molar-refractivity contribution in [3.63, 3.8) is 0 Å². The second-order valence-corrected chi connectivity index (χ2v) is 6.51. The summed E-state index contributed by atoms with van der Waals surface area (Å²) in [6.07, 6.45) is 3.82. The zero-order valence-electron chi connectivity index (χ0n) is 16.0. The van der Waals surface area contributed by atoms with E-state index in [1.54, 1.807) is 6.20 Å². The molecule has 1 N–H and O–H groups in total. The Morgan fingerprint density at radius 2 is 1.89 bits per heavy atom. The Balaban J connectivity index is 1.59. The van der Waals surface area contributed by atoms with Crippen molar-refractivity contribution in [2.45, 2.75) is 39.8 Å². The van der Waals surface area contributed by atoms with Gasteiger partial charge in [-0.25, -0.2) is 4.98 Å². The molecule has 27 heavy (non-hydrogen) atoms. The summed E-state index contributed by atoms with van der Waals surface area (Å²) in [5.41, 5.74) is 3.11. The van der Waals surface area contributed by atoms with Gasteiger partial charge in [-0.2, -0.15) is 0 Å². The third kappa shape index (κ3) is 4.56. The Morgan fingerprint density at radius 1 is 1.15 bits per heavy atom. The second-order valence-electron chi connectivity index (χ2n) is 6.51. The summed E-state index contributed by atoms with van der Waals surface area (Å²) >= 11 is 0. The van der Waals surface area contributed by atoms with Crippen LogP contribution in [0.2, 0.25) is 0 Å². The molecule has 0 saturated carbocycles. The number of aryl methyl sites for hydroxylation is 2. The van der Waals surface area contributed by atoms with Gasteiger partial charge in [-0.3, -0.25) is 4.79 Å². The van der Waals surface area contributed by atoms with Crippen LogP contribution in [-0.4, -0.2) is 21.6 Å². The van der Waals surface area contributed by atoms with E-state index in [1.807, 2.05) is 80.1 Å². The number of imidazole rings is 1. The average Bonchev–Trinajstić information content (AvgIpc) is 3.12. The lowest BCUT2D eigenvalue weighted by molar-refractivity contribution is -0.128. The van der Waals surface area contributed by atoms with Crippen LogP contribution in [0, 0.1) is 13.8 Å². The summed E-state index contributed by atoms with van der Waals surface area (Å²) in [6, 6.07) is 15.8. The van der Waals surface area contributed by atoms with Crippen LogP contribution in [0.15, 0.2) is 60.9 Å². The number of rotatable bonds is 7. The molecular weight excluding hydrogens is 338 g/mol. The van der Waals surface area contributed by atoms with Gasteiger partial charge in [0.15, 0.2) is 6.10 Å². The minimum Gasteiger partial charge on any atom is -0.480 e. The van der Waals surface area contributed by atoms with Crippen molar-refractivity contribution in [3.8, 4) is 11.4 Å². The van der Waals surface area contributed by atoms with E-state index in [2.05, 4.69) is 10.3 Å². The molecule has 1 aromatic heterocycles. The number of carbonyl (C=O) groups excluding carboxylic acids is 1. The molecule has 0 spiro atoms. The summed E-state index contributed by atoms with van der Waals surface area (Å²) in [4.78, 5) is 16.7. The number of hydrogen-bond acceptors (Lipinski definition) is 3. The lowest BCUT2D eigenvalue weighted by atomic mass is 10.2. The van der Waals surface area contributed by atoms with E-state index in [0.717, 1.165) is 28.4 Å². The lowest BCUT2D eigenvalue weighted by Crippen LogP contribution is -2.37. The summed E-state index contributed by atoms with van der Waals surface area (Å²) in [5, 5.41) is 2.97. The monoisotopic (exact) mass is 363 g/mol. The van der Waals surface area contributed by atoms with Crippen molar-refractivity contribution in [1.29, 1.82) is 0 Å². The molecule has 3 aromatic rings. The number of aromatic nitrogens is 2. The van der Waals surface area contributed by atoms with Crippen molar-refractivity contribution in [1.82, 2.24) is 14.9 Å². The molecule has 5 nitrogen and oxygen atoms in total. The quantitative estimate of drug-likeness (QED) is 0.691. The Bertz CT molecular complexity index is 900. The Morgan fingerprint density at radius 3 is 2.52 bits per heavy atom. The molecule has 1 amide bonds. The summed E-state index contributed by atoms with van der Waals surface area (Å²) in [7, 11) is 0. The fourth-order valence-corrected chi connectivity index (χ4v) is 2.89. The minimum absolute atomic E-state index is 0.102. The summed E-state index contributed by atoms with van der Waals surface area (Å²) < 4.78 is 7.92. The molecule has 3 rings (SSSR count). The summed E-state index contributed by atoms with van der Waals surface area (Å²) in [6.45, 7) is 6.36. The normalized spacial score (nSPS) is 11.8. The Kier molecular flexibility index (Phi) is 5.91. The van der Waals surface area contributed by atoms with Gasteiger partial charge in [-0.1, -0.05) is 37.3 Å². The van der Waals surface area contributed by atoms with Crippen molar-refractivity contribution in [2.75, 3.05) is 0 Å². The average molecular weight is 363 g/mol. The number of carbonyl (C=O) groups is 1. The van der Waals surface area contributed by atoms with E-state index in [1.165, 1.54) is 0 Å². The maximum Gasteiger partial charge on any atom is 0.261 e. The van der Waals surface area contributed by atoms with Crippen molar-refractivity contribution in [3.05, 3.63) is 77.9 Å². The molecule has 0 aliphatic heterocycles. The molecule has 0 unspecified atom stereocenters. The highest BCUT2D eigenvalue weighted by Crippen LogP contribution is 2.19. The van der Waals surface area contributed by atoms with Crippen LogP contribution in [0.1, 0.15) is 30.3 Å². The first-order valence-corrected chi connectivity index (χ1v) is 9.17. The SMILES string of the molecule is CC[C@H](Oc1ccccc1C)C(=O)NCc1ccc(-n2ccnc2C)cc1. The molecule has 1 heterocycles. The van der Waals surface area contributed by atoms with Gasteiger partial charge in [0.2, 0.25) is 0 Å². The fraction of sp³-hybridized carbons (Fsp3) is 0.273. The summed E-state index contributed by atoms with van der Waals surface area (Å²) in [5.74, 6) is 1.59. The number of amides is 1. The van der Waals surface area contributed by atoms with E-state index in [0.29, 0.717) is 13.0 Å². The van der Waals surface area contributed by atoms with Gasteiger partial charge in [0.25, 0.3) is 5.91 Å². The van der Waals surface area contributed by atoms with Gasteiger partial charge in [0, 0.05) is 24.6 Å². The molecule has 140 valence electrons. The van der Waals surface area contributed by atoms with Gasteiger partial charge in [-0.15, -0.1) is 0 Å². The Hall–Kier alpha value is -3.08. The minimum atomic E-state index is -0.501. The predicted octanol–water partition coefficient (Wildman–Crippen LogP) is 3.96. The maximum absolute atomic E-state index is 12.5. The van der Waals surface area contributed by atoms with Gasteiger partial charge < -0.3 is 14.6 Å². The number of benzene rings is 2. The molecule has 0 aliphatic carbocycles. The lowest BCUT2D eigenvalue weighted by Gasteiger charge is -2.18. The zero-order valence-corrected chi connectivity index (χ0v) is 16.0. The van der Waals surface area contributed by atoms with E-state index < -0.39 is 6.10 Å². The molecular formula is C22H25N3O2. The van der Waals surface area contributed by atoms with Crippen LogP contribution < -0.4 is 10.1 Å². The highest BCUT2D eigenvalue weighted by Gasteiger charge is 2.18. The number of nitrogens with zero attached hydrogens (tertiary/aromatic N) is 2. The molecule has 0 radical (unpaired) electrons. The van der Waals surface area contributed by atoms with Crippen LogP contribution in [-0.2, 0) is 11.3 Å². The van der Waals surface area contributed by atoms with Crippen molar-refractivity contribution >= 4 is 5.91 Å². The first-order valence-electron chi connectivity index (χ1n) is 9.17. The van der Waals surface area contributed by atoms with E-state index >= 15 is 0 Å². The Labute approximate surface area is 160 Å². The number of hydrogen-bond donors (Lipinski definition) is 1.